The van der Waals surface area contributed by atoms with Crippen LogP contribution >= 0.6 is 11.3 Å². The molecule has 1 aromatic heterocycles. The summed E-state index contributed by atoms with van der Waals surface area (Å²) in [6.45, 7) is 0. The number of thiazole rings is 1. The molecule has 6 heteroatoms. The minimum atomic E-state index is -4.39. The second-order valence-corrected chi connectivity index (χ2v) is 4.17. The summed E-state index contributed by atoms with van der Waals surface area (Å²) >= 11 is 0.960. The number of aromatic nitrogens is 1. The molecular formula is C11H8F3N2S. The summed E-state index contributed by atoms with van der Waals surface area (Å²) in [6.07, 6.45) is -4.39. The largest absolute Gasteiger partial charge is 0.434 e. The fourth-order valence-corrected chi connectivity index (χ4v) is 2.07. The SMILES string of the molecule is CN(c1c[c]ccc1)c1nc(C(F)(F)F)cs1. The highest BCUT2D eigenvalue weighted by atomic mass is 32.1. The minimum absolute atomic E-state index is 0.303. The highest BCUT2D eigenvalue weighted by Crippen LogP contribution is 2.34. The summed E-state index contributed by atoms with van der Waals surface area (Å²) in [5, 5.41) is 1.32. The molecule has 1 aromatic carbocycles. The quantitative estimate of drug-likeness (QED) is 0.815. The molecular weight excluding hydrogens is 249 g/mol. The maximum atomic E-state index is 12.4. The van der Waals surface area contributed by atoms with Gasteiger partial charge in [-0.25, -0.2) is 4.98 Å². The second-order valence-electron chi connectivity index (χ2n) is 3.33. The highest BCUT2D eigenvalue weighted by Gasteiger charge is 2.34. The van der Waals surface area contributed by atoms with E-state index in [1.165, 1.54) is 0 Å². The van der Waals surface area contributed by atoms with Crippen LogP contribution in [0.3, 0.4) is 0 Å². The predicted octanol–water partition coefficient (Wildman–Crippen LogP) is 3.73. The van der Waals surface area contributed by atoms with Gasteiger partial charge in [0.2, 0.25) is 0 Å². The van der Waals surface area contributed by atoms with Crippen molar-refractivity contribution < 1.29 is 13.2 Å². The molecule has 0 aliphatic rings. The van der Waals surface area contributed by atoms with E-state index in [4.69, 9.17) is 0 Å². The Kier molecular flexibility index (Phi) is 3.06. The monoisotopic (exact) mass is 257 g/mol. The average molecular weight is 257 g/mol. The molecule has 2 aromatic rings. The maximum absolute atomic E-state index is 12.4. The van der Waals surface area contributed by atoms with Gasteiger partial charge in [0.1, 0.15) is 0 Å². The molecule has 0 N–H and O–H groups in total. The van der Waals surface area contributed by atoms with E-state index in [9.17, 15) is 13.2 Å². The smallest absolute Gasteiger partial charge is 0.321 e. The Morgan fingerprint density at radius 1 is 1.41 bits per heavy atom. The molecule has 0 aliphatic heterocycles. The van der Waals surface area contributed by atoms with Crippen molar-refractivity contribution in [3.63, 3.8) is 0 Å². The van der Waals surface area contributed by atoms with E-state index >= 15 is 0 Å². The third kappa shape index (κ3) is 2.58. The maximum Gasteiger partial charge on any atom is 0.434 e. The summed E-state index contributed by atoms with van der Waals surface area (Å²) in [5.41, 5.74) is -0.111. The van der Waals surface area contributed by atoms with Crippen molar-refractivity contribution >= 4 is 22.2 Å². The lowest BCUT2D eigenvalue weighted by Crippen LogP contribution is -2.10. The lowest BCUT2D eigenvalue weighted by Gasteiger charge is -2.15. The Morgan fingerprint density at radius 2 is 2.18 bits per heavy atom. The van der Waals surface area contributed by atoms with Gasteiger partial charge in [0.25, 0.3) is 0 Å². The fraction of sp³-hybridized carbons (Fsp3) is 0.182. The van der Waals surface area contributed by atoms with Gasteiger partial charge in [0.15, 0.2) is 10.8 Å². The molecule has 0 bridgehead atoms. The summed E-state index contributed by atoms with van der Waals surface area (Å²) in [7, 11) is 1.67. The summed E-state index contributed by atoms with van der Waals surface area (Å²) in [5.74, 6) is 0. The van der Waals surface area contributed by atoms with Crippen molar-refractivity contribution in [3.05, 3.63) is 41.4 Å². The number of hydrogen-bond acceptors (Lipinski definition) is 3. The zero-order valence-corrected chi connectivity index (χ0v) is 9.64. The fourth-order valence-electron chi connectivity index (χ4n) is 1.25. The molecule has 0 spiro atoms. The zero-order valence-electron chi connectivity index (χ0n) is 8.82. The van der Waals surface area contributed by atoms with Crippen LogP contribution < -0.4 is 4.90 Å². The molecule has 0 atom stereocenters. The first-order valence-corrected chi connectivity index (χ1v) is 5.59. The molecule has 89 valence electrons. The van der Waals surface area contributed by atoms with E-state index in [-0.39, 0.29) is 0 Å². The summed E-state index contributed by atoms with van der Waals surface area (Å²) in [6, 6.07) is 9.82. The Balaban J connectivity index is 2.27. The number of anilines is 2. The predicted molar refractivity (Wildman–Crippen MR) is 60.5 cm³/mol. The number of halogens is 3. The van der Waals surface area contributed by atoms with Crippen LogP contribution in [-0.4, -0.2) is 12.0 Å². The molecule has 0 fully saturated rings. The van der Waals surface area contributed by atoms with Crippen LogP contribution in [0.5, 0.6) is 0 Å². The molecule has 17 heavy (non-hydrogen) atoms. The van der Waals surface area contributed by atoms with E-state index < -0.39 is 11.9 Å². The van der Waals surface area contributed by atoms with Gasteiger partial charge in [-0.1, -0.05) is 12.1 Å². The van der Waals surface area contributed by atoms with Gasteiger partial charge in [-0.15, -0.1) is 11.3 Å². The van der Waals surface area contributed by atoms with E-state index in [0.717, 1.165) is 22.4 Å². The molecule has 2 rings (SSSR count). The normalized spacial score (nSPS) is 11.5. The van der Waals surface area contributed by atoms with Crippen molar-refractivity contribution in [2.45, 2.75) is 6.18 Å². The Hall–Kier alpha value is -1.56. The standard InChI is InChI=1S/C11H8F3N2S/c1-16(8-5-3-2-4-6-8)10-15-9(7-17-10)11(12,13)14/h2-3,5-7H,1H3. The van der Waals surface area contributed by atoms with Crippen molar-refractivity contribution in [2.24, 2.45) is 0 Å². The third-order valence-electron chi connectivity index (χ3n) is 2.15. The van der Waals surface area contributed by atoms with Crippen molar-refractivity contribution in [1.82, 2.24) is 4.98 Å². The van der Waals surface area contributed by atoms with E-state index in [0.29, 0.717) is 5.13 Å². The Bertz CT molecular complexity index is 493. The van der Waals surface area contributed by atoms with Crippen LogP contribution in [0, 0.1) is 6.07 Å². The van der Waals surface area contributed by atoms with Gasteiger partial charge in [-0.05, 0) is 18.2 Å². The third-order valence-corrected chi connectivity index (χ3v) is 3.06. The first kappa shape index (κ1) is 11.9. The van der Waals surface area contributed by atoms with Crippen LogP contribution in [0.15, 0.2) is 29.6 Å². The lowest BCUT2D eigenvalue weighted by molar-refractivity contribution is -0.140. The second kappa shape index (κ2) is 4.37. The molecule has 1 heterocycles. The topological polar surface area (TPSA) is 16.1 Å². The number of rotatable bonds is 2. The molecule has 2 nitrogen and oxygen atoms in total. The van der Waals surface area contributed by atoms with E-state index in [1.54, 1.807) is 36.2 Å². The van der Waals surface area contributed by atoms with Gasteiger partial charge in [-0.3, -0.25) is 0 Å². The molecule has 0 aliphatic carbocycles. The Labute approximate surface area is 100 Å². The highest BCUT2D eigenvalue weighted by molar-refractivity contribution is 7.13. The van der Waals surface area contributed by atoms with Crippen molar-refractivity contribution in [2.75, 3.05) is 11.9 Å². The number of benzene rings is 1. The minimum Gasteiger partial charge on any atom is -0.321 e. The van der Waals surface area contributed by atoms with Crippen LogP contribution in [0.1, 0.15) is 5.69 Å². The van der Waals surface area contributed by atoms with E-state index in [1.807, 2.05) is 0 Å². The lowest BCUT2D eigenvalue weighted by atomic mass is 10.3. The number of nitrogens with zero attached hydrogens (tertiary/aromatic N) is 2. The van der Waals surface area contributed by atoms with Crippen LogP contribution in [-0.2, 0) is 6.18 Å². The van der Waals surface area contributed by atoms with Crippen molar-refractivity contribution in [1.29, 1.82) is 0 Å². The molecule has 1 radical (unpaired) electrons. The number of hydrogen-bond donors (Lipinski definition) is 0. The first-order chi connectivity index (χ1) is 7.98. The van der Waals surface area contributed by atoms with Gasteiger partial charge < -0.3 is 4.90 Å². The summed E-state index contributed by atoms with van der Waals surface area (Å²) < 4.78 is 37.2. The molecule has 0 saturated heterocycles. The van der Waals surface area contributed by atoms with Crippen LogP contribution in [0.4, 0.5) is 24.0 Å². The van der Waals surface area contributed by atoms with Gasteiger partial charge in [0.05, 0.1) is 0 Å². The zero-order chi connectivity index (χ0) is 12.5. The number of alkyl halides is 3. The van der Waals surface area contributed by atoms with E-state index in [2.05, 4.69) is 11.1 Å². The van der Waals surface area contributed by atoms with Crippen LogP contribution in [0.2, 0.25) is 0 Å². The van der Waals surface area contributed by atoms with Crippen LogP contribution in [0.25, 0.3) is 0 Å². The average Bonchev–Trinajstić information content (AvgIpc) is 2.78. The molecule has 0 amide bonds. The Morgan fingerprint density at radius 3 is 2.71 bits per heavy atom. The summed E-state index contributed by atoms with van der Waals surface area (Å²) in [4.78, 5) is 5.16. The van der Waals surface area contributed by atoms with Crippen molar-refractivity contribution in [3.8, 4) is 0 Å². The molecule has 0 unspecified atom stereocenters. The van der Waals surface area contributed by atoms with Gasteiger partial charge >= 0.3 is 6.18 Å². The van der Waals surface area contributed by atoms with Gasteiger partial charge in [0, 0.05) is 18.1 Å². The molecule has 0 saturated carbocycles. The first-order valence-electron chi connectivity index (χ1n) is 4.71. The van der Waals surface area contributed by atoms with Gasteiger partial charge in [-0.2, -0.15) is 13.2 Å².